The summed E-state index contributed by atoms with van der Waals surface area (Å²) in [6.45, 7) is 8.92. The van der Waals surface area contributed by atoms with E-state index in [1.165, 1.54) is 19.3 Å². The molecule has 3 aromatic carbocycles. The van der Waals surface area contributed by atoms with Crippen LogP contribution in [0.3, 0.4) is 0 Å². The molecule has 1 aliphatic rings. The Labute approximate surface area is 271 Å². The van der Waals surface area contributed by atoms with Crippen molar-refractivity contribution in [3.05, 3.63) is 105 Å². The number of likely N-dealkylation sites (tertiary alicyclic amines) is 1. The van der Waals surface area contributed by atoms with Gasteiger partial charge in [0, 0.05) is 36.1 Å². The largest absolute Gasteiger partial charge is 0.493 e. The van der Waals surface area contributed by atoms with Gasteiger partial charge >= 0.3 is 0 Å². The van der Waals surface area contributed by atoms with Crippen LogP contribution in [-0.4, -0.2) is 36.1 Å². The third kappa shape index (κ3) is 8.34. The molecule has 7 nitrogen and oxygen atoms in total. The van der Waals surface area contributed by atoms with E-state index in [2.05, 4.69) is 54.1 Å². The van der Waals surface area contributed by atoms with E-state index in [-0.39, 0.29) is 6.61 Å². The number of halogens is 1. The number of aromatic nitrogens is 1. The Kier molecular flexibility index (Phi) is 11.3. The summed E-state index contributed by atoms with van der Waals surface area (Å²) in [5, 5.41) is 9.83. The summed E-state index contributed by atoms with van der Waals surface area (Å²) in [5.74, 6) is 2.16. The number of nitriles is 1. The number of nitrogens with zero attached hydrogens (tertiary/aromatic N) is 3. The fraction of sp³-hybridized carbons (Fsp3) is 0.351. The van der Waals surface area contributed by atoms with Gasteiger partial charge in [0.25, 0.3) is 0 Å². The third-order valence-electron chi connectivity index (χ3n) is 8.29. The Morgan fingerprint density at radius 1 is 0.844 bits per heavy atom. The molecule has 0 saturated carbocycles. The second-order valence-electron chi connectivity index (χ2n) is 11.5. The second kappa shape index (κ2) is 15.8. The molecule has 1 saturated heterocycles. The van der Waals surface area contributed by atoms with Gasteiger partial charge < -0.3 is 19.9 Å². The maximum atomic E-state index is 9.28. The Morgan fingerprint density at radius 2 is 1.60 bits per heavy atom. The monoisotopic (exact) mass is 624 g/mol. The molecule has 5 rings (SSSR count). The van der Waals surface area contributed by atoms with Crippen LogP contribution in [0, 0.1) is 25.2 Å². The number of hydrogen-bond donors (Lipinski definition) is 1. The van der Waals surface area contributed by atoms with Crippen molar-refractivity contribution in [3.8, 4) is 34.4 Å². The maximum Gasteiger partial charge on any atom is 0.142 e. The molecule has 0 aliphatic carbocycles. The van der Waals surface area contributed by atoms with Crippen molar-refractivity contribution in [3.63, 3.8) is 0 Å². The number of benzene rings is 3. The van der Waals surface area contributed by atoms with Gasteiger partial charge in [-0.3, -0.25) is 9.88 Å². The lowest BCUT2D eigenvalue weighted by molar-refractivity contribution is 0.214. The van der Waals surface area contributed by atoms with Crippen molar-refractivity contribution < 1.29 is 14.2 Å². The summed E-state index contributed by atoms with van der Waals surface area (Å²) < 4.78 is 18.7. The molecule has 0 unspecified atom stereocenters. The molecule has 0 bridgehead atoms. The molecule has 0 spiro atoms. The fourth-order valence-electron chi connectivity index (χ4n) is 5.71. The Hall–Kier alpha value is -4.09. The lowest BCUT2D eigenvalue weighted by Crippen LogP contribution is -2.29. The summed E-state index contributed by atoms with van der Waals surface area (Å²) in [7, 11) is 0. The van der Waals surface area contributed by atoms with E-state index in [1.807, 2.05) is 24.3 Å². The quantitative estimate of drug-likeness (QED) is 0.152. The molecule has 0 atom stereocenters. The molecular formula is C37H41ClN4O3. The zero-order valence-corrected chi connectivity index (χ0v) is 26.9. The van der Waals surface area contributed by atoms with Crippen LogP contribution >= 0.6 is 11.6 Å². The minimum absolute atomic E-state index is 0.284. The molecule has 2 heterocycles. The van der Waals surface area contributed by atoms with Crippen LogP contribution in [0.2, 0.25) is 5.02 Å². The van der Waals surface area contributed by atoms with Gasteiger partial charge in [0.15, 0.2) is 0 Å². The number of pyridine rings is 1. The van der Waals surface area contributed by atoms with Gasteiger partial charge in [-0.2, -0.15) is 5.26 Å². The maximum absolute atomic E-state index is 9.28. The summed E-state index contributed by atoms with van der Waals surface area (Å²) in [5.41, 5.74) is 13.6. The highest BCUT2D eigenvalue weighted by Crippen LogP contribution is 2.37. The molecule has 4 aromatic rings. The first-order valence-electron chi connectivity index (χ1n) is 15.6. The Morgan fingerprint density at radius 3 is 2.38 bits per heavy atom. The molecule has 8 heteroatoms. The smallest absolute Gasteiger partial charge is 0.142 e. The number of ether oxygens (including phenoxy) is 3. The van der Waals surface area contributed by atoms with E-state index in [0.717, 1.165) is 76.5 Å². The van der Waals surface area contributed by atoms with Gasteiger partial charge in [-0.1, -0.05) is 48.4 Å². The zero-order valence-electron chi connectivity index (χ0n) is 26.2. The van der Waals surface area contributed by atoms with Crippen molar-refractivity contribution in [1.82, 2.24) is 9.88 Å². The van der Waals surface area contributed by atoms with E-state index in [4.69, 9.17) is 31.5 Å². The molecule has 45 heavy (non-hydrogen) atoms. The van der Waals surface area contributed by atoms with Crippen LogP contribution in [0.5, 0.6) is 17.2 Å². The molecular weight excluding hydrogens is 584 g/mol. The van der Waals surface area contributed by atoms with E-state index in [1.54, 1.807) is 18.5 Å². The number of hydrogen-bond acceptors (Lipinski definition) is 7. The van der Waals surface area contributed by atoms with Crippen molar-refractivity contribution in [2.75, 3.05) is 26.2 Å². The predicted molar refractivity (Wildman–Crippen MR) is 179 cm³/mol. The summed E-state index contributed by atoms with van der Waals surface area (Å²) >= 11 is 6.83. The minimum atomic E-state index is 0.284. The molecule has 234 valence electrons. The van der Waals surface area contributed by atoms with E-state index < -0.39 is 0 Å². The zero-order chi connectivity index (χ0) is 31.6. The van der Waals surface area contributed by atoms with Gasteiger partial charge in [-0.05, 0) is 98.8 Å². The summed E-state index contributed by atoms with van der Waals surface area (Å²) in [4.78, 5) is 6.61. The predicted octanol–water partition coefficient (Wildman–Crippen LogP) is 7.76. The van der Waals surface area contributed by atoms with Crippen LogP contribution in [-0.2, 0) is 19.8 Å². The molecule has 1 aromatic heterocycles. The first-order chi connectivity index (χ1) is 22.0. The van der Waals surface area contributed by atoms with Crippen molar-refractivity contribution in [2.45, 2.75) is 59.3 Å². The highest BCUT2D eigenvalue weighted by Gasteiger charge is 2.18. The molecule has 0 amide bonds. The van der Waals surface area contributed by atoms with Gasteiger partial charge in [0.2, 0.25) is 0 Å². The van der Waals surface area contributed by atoms with Crippen LogP contribution in [0.4, 0.5) is 0 Å². The van der Waals surface area contributed by atoms with Gasteiger partial charge in [0.05, 0.1) is 17.2 Å². The highest BCUT2D eigenvalue weighted by atomic mass is 35.5. The number of nitrogens with two attached hydrogens (primary N) is 1. The van der Waals surface area contributed by atoms with E-state index in [9.17, 15) is 5.26 Å². The van der Waals surface area contributed by atoms with Crippen molar-refractivity contribution >= 4 is 11.6 Å². The van der Waals surface area contributed by atoms with Crippen LogP contribution in [0.25, 0.3) is 11.1 Å². The molecule has 2 N–H and O–H groups in total. The number of piperidine rings is 1. The lowest BCUT2D eigenvalue weighted by atomic mass is 9.93. The van der Waals surface area contributed by atoms with Gasteiger partial charge in [-0.25, -0.2) is 0 Å². The number of rotatable bonds is 13. The summed E-state index contributed by atoms with van der Waals surface area (Å²) in [6.07, 6.45) is 7.74. The second-order valence-corrected chi connectivity index (χ2v) is 11.9. The van der Waals surface area contributed by atoms with Crippen LogP contribution in [0.15, 0.2) is 67.0 Å². The topological polar surface area (TPSA) is 93.6 Å². The molecule has 0 radical (unpaired) electrons. The first-order valence-corrected chi connectivity index (χ1v) is 16.0. The van der Waals surface area contributed by atoms with Crippen molar-refractivity contribution in [1.29, 1.82) is 5.26 Å². The first kappa shape index (κ1) is 32.3. The Bertz CT molecular complexity index is 1650. The highest BCUT2D eigenvalue weighted by molar-refractivity contribution is 6.32. The minimum Gasteiger partial charge on any atom is -0.493 e. The standard InChI is InChI=1S/C37H41ClN4O3/c1-26-30(9-6-10-32(26)33-11-7-12-35(27(33)2)43-16-8-13-39)25-45-37-19-36(44-24-29-17-28(20-40)21-41-22-29)31(18-34(37)38)23-42-14-4-3-5-15-42/h6-7,9-12,17-19,21-22H,3-5,8,13-16,23-25,39H2,1-2H3. The SMILES string of the molecule is Cc1c(COc2cc(OCc3cncc(C#N)c3)c(CN3CCCCC3)cc2Cl)cccc1-c1cccc(OCCCN)c1C. The molecule has 1 aliphatic heterocycles. The molecule has 1 fully saturated rings. The van der Waals surface area contributed by atoms with Crippen LogP contribution in [0.1, 0.15) is 59.1 Å². The van der Waals surface area contributed by atoms with Crippen LogP contribution < -0.4 is 19.9 Å². The third-order valence-corrected chi connectivity index (χ3v) is 8.58. The van der Waals surface area contributed by atoms with E-state index >= 15 is 0 Å². The fourth-order valence-corrected chi connectivity index (χ4v) is 5.95. The van der Waals surface area contributed by atoms with E-state index in [0.29, 0.717) is 36.1 Å². The van der Waals surface area contributed by atoms with Gasteiger partial charge in [0.1, 0.15) is 36.5 Å². The average molecular weight is 625 g/mol. The lowest BCUT2D eigenvalue weighted by Gasteiger charge is -2.27. The normalized spacial score (nSPS) is 13.3. The summed E-state index contributed by atoms with van der Waals surface area (Å²) in [6, 6.07) is 20.2. The Balaban J connectivity index is 1.37. The average Bonchev–Trinajstić information content (AvgIpc) is 3.06. The van der Waals surface area contributed by atoms with Crippen molar-refractivity contribution in [2.24, 2.45) is 5.73 Å². The van der Waals surface area contributed by atoms with Gasteiger partial charge in [-0.15, -0.1) is 0 Å².